The fourth-order valence-corrected chi connectivity index (χ4v) is 2.54. The molecule has 1 aromatic heterocycles. The largest absolute Gasteiger partial charge is 0.359 e. The minimum atomic E-state index is -0.529. The van der Waals surface area contributed by atoms with Crippen molar-refractivity contribution in [2.45, 2.75) is 13.3 Å². The Morgan fingerprint density at radius 2 is 2.26 bits per heavy atom. The zero-order valence-electron chi connectivity index (χ0n) is 10.9. The number of nitrogens with one attached hydrogen (secondary N) is 1. The summed E-state index contributed by atoms with van der Waals surface area (Å²) in [6.07, 6.45) is 2.19. The molecule has 1 saturated heterocycles. The highest BCUT2D eigenvalue weighted by molar-refractivity contribution is 6.32. The van der Waals surface area contributed by atoms with E-state index >= 15 is 0 Å². The molecular weight excluding hydrogens is 266 g/mol. The van der Waals surface area contributed by atoms with Crippen LogP contribution in [0, 0.1) is 5.41 Å². The fourth-order valence-electron chi connectivity index (χ4n) is 2.34. The molecule has 0 bridgehead atoms. The monoisotopic (exact) mass is 281 g/mol. The number of hydrogen-bond acceptors (Lipinski definition) is 3. The van der Waals surface area contributed by atoms with E-state index in [0.29, 0.717) is 25.1 Å². The summed E-state index contributed by atoms with van der Waals surface area (Å²) in [4.78, 5) is 29.7. The van der Waals surface area contributed by atoms with Crippen molar-refractivity contribution in [3.63, 3.8) is 0 Å². The first-order chi connectivity index (χ1) is 8.98. The van der Waals surface area contributed by atoms with Gasteiger partial charge < -0.3 is 10.2 Å². The van der Waals surface area contributed by atoms with Crippen LogP contribution in [0.3, 0.4) is 0 Å². The molecule has 1 aliphatic heterocycles. The highest BCUT2D eigenvalue weighted by Crippen LogP contribution is 2.31. The molecule has 2 heterocycles. The van der Waals surface area contributed by atoms with Gasteiger partial charge in [0.1, 0.15) is 5.15 Å². The number of likely N-dealkylation sites (tertiary alicyclic amines) is 1. The standard InChI is InChI=1S/C13H16ClN3O2/c1-13(12(19)15-2)5-7-17(8-13)11(18)9-4-3-6-16-10(9)14/h3-4,6H,5,7-8H2,1-2H3,(H,15,19). The number of aromatic nitrogens is 1. The minimum Gasteiger partial charge on any atom is -0.359 e. The van der Waals surface area contributed by atoms with Gasteiger partial charge in [-0.2, -0.15) is 0 Å². The van der Waals surface area contributed by atoms with Crippen LogP contribution in [0.2, 0.25) is 5.15 Å². The molecule has 2 rings (SSSR count). The number of hydrogen-bond donors (Lipinski definition) is 1. The lowest BCUT2D eigenvalue weighted by Crippen LogP contribution is -2.40. The van der Waals surface area contributed by atoms with E-state index in [2.05, 4.69) is 10.3 Å². The van der Waals surface area contributed by atoms with Gasteiger partial charge in [-0.25, -0.2) is 4.98 Å². The van der Waals surface area contributed by atoms with E-state index in [1.165, 1.54) is 6.20 Å². The van der Waals surface area contributed by atoms with Crippen molar-refractivity contribution in [2.24, 2.45) is 5.41 Å². The van der Waals surface area contributed by atoms with Crippen LogP contribution in [0.25, 0.3) is 0 Å². The van der Waals surface area contributed by atoms with Crippen LogP contribution >= 0.6 is 11.6 Å². The first-order valence-electron chi connectivity index (χ1n) is 6.10. The Kier molecular flexibility index (Phi) is 3.75. The lowest BCUT2D eigenvalue weighted by molar-refractivity contribution is -0.128. The van der Waals surface area contributed by atoms with E-state index in [1.807, 2.05) is 6.92 Å². The summed E-state index contributed by atoms with van der Waals surface area (Å²) in [6.45, 7) is 2.81. The average molecular weight is 282 g/mol. The zero-order chi connectivity index (χ0) is 14.0. The molecule has 0 radical (unpaired) electrons. The first-order valence-corrected chi connectivity index (χ1v) is 6.48. The van der Waals surface area contributed by atoms with Gasteiger partial charge in [0.25, 0.3) is 5.91 Å². The third-order valence-electron chi connectivity index (χ3n) is 3.53. The molecular formula is C13H16ClN3O2. The predicted octanol–water partition coefficient (Wildman–Crippen LogP) is 1.33. The molecule has 102 valence electrons. The van der Waals surface area contributed by atoms with Crippen LogP contribution in [0.1, 0.15) is 23.7 Å². The SMILES string of the molecule is CNC(=O)C1(C)CCN(C(=O)c2cccnc2Cl)C1. The maximum absolute atomic E-state index is 12.3. The van der Waals surface area contributed by atoms with E-state index in [1.54, 1.807) is 24.1 Å². The van der Waals surface area contributed by atoms with Gasteiger partial charge in [0.2, 0.25) is 5.91 Å². The van der Waals surface area contributed by atoms with Crippen LogP contribution in [0.15, 0.2) is 18.3 Å². The van der Waals surface area contributed by atoms with Crippen LogP contribution in [-0.4, -0.2) is 41.8 Å². The van der Waals surface area contributed by atoms with Crippen molar-refractivity contribution in [3.8, 4) is 0 Å². The van der Waals surface area contributed by atoms with Gasteiger partial charge in [0.05, 0.1) is 11.0 Å². The second kappa shape index (κ2) is 5.17. The van der Waals surface area contributed by atoms with Crippen molar-refractivity contribution in [1.82, 2.24) is 15.2 Å². The summed E-state index contributed by atoms with van der Waals surface area (Å²) in [6, 6.07) is 3.32. The molecule has 0 aliphatic carbocycles. The summed E-state index contributed by atoms with van der Waals surface area (Å²) < 4.78 is 0. The number of carbonyl (C=O) groups excluding carboxylic acids is 2. The molecule has 6 heteroatoms. The fraction of sp³-hybridized carbons (Fsp3) is 0.462. The molecule has 0 saturated carbocycles. The molecule has 1 aromatic rings. The minimum absolute atomic E-state index is 0.0416. The molecule has 5 nitrogen and oxygen atoms in total. The van der Waals surface area contributed by atoms with Gasteiger partial charge in [-0.3, -0.25) is 9.59 Å². The Hall–Kier alpha value is -1.62. The van der Waals surface area contributed by atoms with Crippen LogP contribution in [-0.2, 0) is 4.79 Å². The average Bonchev–Trinajstić information content (AvgIpc) is 2.81. The van der Waals surface area contributed by atoms with Crippen molar-refractivity contribution in [2.75, 3.05) is 20.1 Å². The number of rotatable bonds is 2. The summed E-state index contributed by atoms with van der Waals surface area (Å²) in [5.41, 5.74) is -0.149. The summed E-state index contributed by atoms with van der Waals surface area (Å²) in [5.74, 6) is -0.217. The van der Waals surface area contributed by atoms with Crippen molar-refractivity contribution < 1.29 is 9.59 Å². The van der Waals surface area contributed by atoms with E-state index < -0.39 is 5.41 Å². The topological polar surface area (TPSA) is 62.3 Å². The Labute approximate surface area is 117 Å². The van der Waals surface area contributed by atoms with Crippen molar-refractivity contribution in [3.05, 3.63) is 29.0 Å². The molecule has 19 heavy (non-hydrogen) atoms. The van der Waals surface area contributed by atoms with Gasteiger partial charge in [-0.05, 0) is 25.5 Å². The molecule has 1 N–H and O–H groups in total. The number of amides is 2. The summed E-state index contributed by atoms with van der Waals surface area (Å²) in [7, 11) is 1.61. The van der Waals surface area contributed by atoms with E-state index in [-0.39, 0.29) is 17.0 Å². The van der Waals surface area contributed by atoms with Gasteiger partial charge >= 0.3 is 0 Å². The van der Waals surface area contributed by atoms with Gasteiger partial charge in [-0.15, -0.1) is 0 Å². The maximum Gasteiger partial charge on any atom is 0.257 e. The molecule has 1 aliphatic rings. The van der Waals surface area contributed by atoms with Crippen molar-refractivity contribution in [1.29, 1.82) is 0 Å². The Morgan fingerprint density at radius 3 is 2.89 bits per heavy atom. The highest BCUT2D eigenvalue weighted by Gasteiger charge is 2.41. The lowest BCUT2D eigenvalue weighted by atomic mass is 9.89. The molecule has 1 unspecified atom stereocenters. The van der Waals surface area contributed by atoms with E-state index in [4.69, 9.17) is 11.6 Å². The van der Waals surface area contributed by atoms with E-state index in [9.17, 15) is 9.59 Å². The van der Waals surface area contributed by atoms with Crippen molar-refractivity contribution >= 4 is 23.4 Å². The lowest BCUT2D eigenvalue weighted by Gasteiger charge is -2.22. The number of nitrogens with zero attached hydrogens (tertiary/aromatic N) is 2. The van der Waals surface area contributed by atoms with E-state index in [0.717, 1.165) is 0 Å². The third kappa shape index (κ3) is 2.56. The molecule has 1 fully saturated rings. The smallest absolute Gasteiger partial charge is 0.257 e. The number of carbonyl (C=O) groups is 2. The maximum atomic E-state index is 12.3. The Balaban J connectivity index is 2.16. The number of halogens is 1. The molecule has 0 spiro atoms. The molecule has 1 atom stereocenters. The second-order valence-electron chi connectivity index (χ2n) is 4.96. The van der Waals surface area contributed by atoms with Crippen LogP contribution in [0.4, 0.5) is 0 Å². The van der Waals surface area contributed by atoms with Gasteiger partial charge in [0, 0.05) is 26.3 Å². The zero-order valence-corrected chi connectivity index (χ0v) is 11.7. The molecule has 2 amide bonds. The normalized spacial score (nSPS) is 22.4. The summed E-state index contributed by atoms with van der Waals surface area (Å²) >= 11 is 5.92. The predicted molar refractivity (Wildman–Crippen MR) is 71.9 cm³/mol. The first kappa shape index (κ1) is 13.8. The quantitative estimate of drug-likeness (QED) is 0.832. The van der Waals surface area contributed by atoms with Gasteiger partial charge in [0.15, 0.2) is 0 Å². The van der Waals surface area contributed by atoms with Crippen LogP contribution < -0.4 is 5.32 Å². The second-order valence-corrected chi connectivity index (χ2v) is 5.32. The Morgan fingerprint density at radius 1 is 1.53 bits per heavy atom. The Bertz CT molecular complexity index is 520. The molecule has 0 aromatic carbocycles. The summed E-state index contributed by atoms with van der Waals surface area (Å²) in [5, 5.41) is 2.84. The highest BCUT2D eigenvalue weighted by atomic mass is 35.5. The third-order valence-corrected chi connectivity index (χ3v) is 3.83. The van der Waals surface area contributed by atoms with Crippen LogP contribution in [0.5, 0.6) is 0 Å². The number of pyridine rings is 1. The van der Waals surface area contributed by atoms with Gasteiger partial charge in [-0.1, -0.05) is 11.6 Å².